The van der Waals surface area contributed by atoms with Gasteiger partial charge in [0.1, 0.15) is 5.82 Å². The fourth-order valence-corrected chi connectivity index (χ4v) is 3.15. The molecule has 0 heterocycles. The molecule has 106 valence electrons. The Morgan fingerprint density at radius 2 is 1.70 bits per heavy atom. The summed E-state index contributed by atoms with van der Waals surface area (Å²) in [6.45, 7) is 6.02. The van der Waals surface area contributed by atoms with Crippen LogP contribution in [0.25, 0.3) is 0 Å². The fourth-order valence-electron chi connectivity index (χ4n) is 2.77. The fraction of sp³-hybridized carbons (Fsp3) is 0.294. The monoisotopic (exact) mass is 335 g/mol. The molecule has 0 aliphatic heterocycles. The van der Waals surface area contributed by atoms with Crippen LogP contribution in [0.2, 0.25) is 0 Å². The van der Waals surface area contributed by atoms with Crippen LogP contribution >= 0.6 is 15.9 Å². The molecule has 0 bridgehead atoms. The molecular weight excluding hydrogens is 317 g/mol. The molecule has 0 saturated heterocycles. The van der Waals surface area contributed by atoms with Crippen LogP contribution < -0.4 is 5.32 Å². The van der Waals surface area contributed by atoms with Crippen LogP contribution in [-0.4, -0.2) is 7.05 Å². The molecule has 2 aromatic carbocycles. The molecule has 0 aliphatic carbocycles. The summed E-state index contributed by atoms with van der Waals surface area (Å²) in [4.78, 5) is 0. The summed E-state index contributed by atoms with van der Waals surface area (Å²) in [5, 5.41) is 3.36. The standard InChI is InChI=1S/C17H19BrFN/c1-10-8-13(19)9-11(2)16(10)17(20-4)14-6-5-7-15(18)12(14)3/h5-9,17,20H,1-4H3. The molecule has 1 N–H and O–H groups in total. The second-order valence-corrected chi connectivity index (χ2v) is 5.98. The van der Waals surface area contributed by atoms with Crippen molar-refractivity contribution in [2.45, 2.75) is 26.8 Å². The number of aryl methyl sites for hydroxylation is 2. The van der Waals surface area contributed by atoms with Crippen LogP contribution in [0.15, 0.2) is 34.8 Å². The second-order valence-electron chi connectivity index (χ2n) is 5.13. The second kappa shape index (κ2) is 6.06. The first-order valence-electron chi connectivity index (χ1n) is 6.64. The first kappa shape index (κ1) is 15.2. The zero-order valence-electron chi connectivity index (χ0n) is 12.2. The van der Waals surface area contributed by atoms with Crippen molar-refractivity contribution in [3.8, 4) is 0 Å². The van der Waals surface area contributed by atoms with Crippen molar-refractivity contribution in [3.63, 3.8) is 0 Å². The number of hydrogen-bond acceptors (Lipinski definition) is 1. The van der Waals surface area contributed by atoms with E-state index >= 15 is 0 Å². The van der Waals surface area contributed by atoms with E-state index in [1.165, 1.54) is 11.1 Å². The lowest BCUT2D eigenvalue weighted by Gasteiger charge is -2.24. The molecule has 2 aromatic rings. The lowest BCUT2D eigenvalue weighted by molar-refractivity contribution is 0.618. The summed E-state index contributed by atoms with van der Waals surface area (Å²) < 4.78 is 14.6. The van der Waals surface area contributed by atoms with Gasteiger partial charge in [0.2, 0.25) is 0 Å². The van der Waals surface area contributed by atoms with Gasteiger partial charge in [0, 0.05) is 4.47 Å². The molecule has 0 aliphatic rings. The first-order valence-corrected chi connectivity index (χ1v) is 7.44. The number of halogens is 2. The van der Waals surface area contributed by atoms with Gasteiger partial charge >= 0.3 is 0 Å². The maximum Gasteiger partial charge on any atom is 0.123 e. The van der Waals surface area contributed by atoms with Gasteiger partial charge in [-0.25, -0.2) is 4.39 Å². The van der Waals surface area contributed by atoms with Crippen molar-refractivity contribution in [1.29, 1.82) is 0 Å². The minimum absolute atomic E-state index is 0.0631. The Balaban J connectivity index is 2.62. The van der Waals surface area contributed by atoms with Crippen molar-refractivity contribution in [2.75, 3.05) is 7.05 Å². The van der Waals surface area contributed by atoms with Gasteiger partial charge in [-0.3, -0.25) is 0 Å². The minimum Gasteiger partial charge on any atom is -0.309 e. The Hall–Kier alpha value is -1.19. The Morgan fingerprint density at radius 3 is 2.25 bits per heavy atom. The molecule has 0 spiro atoms. The highest BCUT2D eigenvalue weighted by molar-refractivity contribution is 9.10. The average Bonchev–Trinajstić information content (AvgIpc) is 2.37. The van der Waals surface area contributed by atoms with Crippen LogP contribution in [-0.2, 0) is 0 Å². The van der Waals surface area contributed by atoms with E-state index in [2.05, 4.69) is 34.2 Å². The van der Waals surface area contributed by atoms with Gasteiger partial charge in [0.25, 0.3) is 0 Å². The summed E-state index contributed by atoms with van der Waals surface area (Å²) in [7, 11) is 1.94. The van der Waals surface area contributed by atoms with E-state index in [1.54, 1.807) is 12.1 Å². The quantitative estimate of drug-likeness (QED) is 0.847. The number of benzene rings is 2. The minimum atomic E-state index is -0.176. The van der Waals surface area contributed by atoms with Crippen LogP contribution in [0.5, 0.6) is 0 Å². The molecule has 2 rings (SSSR count). The molecule has 1 unspecified atom stereocenters. The highest BCUT2D eigenvalue weighted by atomic mass is 79.9. The highest BCUT2D eigenvalue weighted by Crippen LogP contribution is 2.32. The lowest BCUT2D eigenvalue weighted by atomic mass is 9.89. The van der Waals surface area contributed by atoms with Crippen LogP contribution in [0, 0.1) is 26.6 Å². The molecule has 0 amide bonds. The van der Waals surface area contributed by atoms with Gasteiger partial charge in [0.15, 0.2) is 0 Å². The topological polar surface area (TPSA) is 12.0 Å². The average molecular weight is 336 g/mol. The van der Waals surface area contributed by atoms with E-state index in [-0.39, 0.29) is 11.9 Å². The largest absolute Gasteiger partial charge is 0.309 e. The smallest absolute Gasteiger partial charge is 0.123 e. The lowest BCUT2D eigenvalue weighted by Crippen LogP contribution is -2.21. The summed E-state index contributed by atoms with van der Waals surface area (Å²) in [5.74, 6) is -0.176. The third kappa shape index (κ3) is 2.79. The highest BCUT2D eigenvalue weighted by Gasteiger charge is 2.19. The van der Waals surface area contributed by atoms with Gasteiger partial charge in [-0.1, -0.05) is 28.1 Å². The molecule has 3 heteroatoms. The Labute approximate surface area is 128 Å². The maximum absolute atomic E-state index is 13.5. The number of hydrogen-bond donors (Lipinski definition) is 1. The molecule has 0 fully saturated rings. The molecule has 0 aromatic heterocycles. The van der Waals surface area contributed by atoms with Crippen molar-refractivity contribution >= 4 is 15.9 Å². The van der Waals surface area contributed by atoms with Gasteiger partial charge in [0.05, 0.1) is 6.04 Å². The normalized spacial score (nSPS) is 12.5. The predicted molar refractivity (Wildman–Crippen MR) is 85.7 cm³/mol. The van der Waals surface area contributed by atoms with Gasteiger partial charge in [-0.2, -0.15) is 0 Å². The van der Waals surface area contributed by atoms with Gasteiger partial charge < -0.3 is 5.32 Å². The SMILES string of the molecule is CNC(c1cccc(Br)c1C)c1c(C)cc(F)cc1C. The first-order chi connectivity index (χ1) is 9.45. The number of rotatable bonds is 3. The summed E-state index contributed by atoms with van der Waals surface area (Å²) >= 11 is 3.58. The molecule has 20 heavy (non-hydrogen) atoms. The Kier molecular flexibility index (Phi) is 4.61. The van der Waals surface area contributed by atoms with Gasteiger partial charge in [-0.05, 0) is 73.8 Å². The molecule has 1 atom stereocenters. The summed E-state index contributed by atoms with van der Waals surface area (Å²) in [6.07, 6.45) is 0. The van der Waals surface area contributed by atoms with E-state index in [4.69, 9.17) is 0 Å². The van der Waals surface area contributed by atoms with E-state index in [0.717, 1.165) is 21.2 Å². The molecule has 1 nitrogen and oxygen atoms in total. The van der Waals surface area contributed by atoms with Crippen molar-refractivity contribution in [1.82, 2.24) is 5.32 Å². The van der Waals surface area contributed by atoms with E-state index in [0.29, 0.717) is 0 Å². The predicted octanol–water partition coefficient (Wildman–Crippen LogP) is 4.82. The van der Waals surface area contributed by atoms with E-state index < -0.39 is 0 Å². The zero-order chi connectivity index (χ0) is 14.9. The maximum atomic E-state index is 13.5. The van der Waals surface area contributed by atoms with Crippen molar-refractivity contribution in [2.24, 2.45) is 0 Å². The van der Waals surface area contributed by atoms with E-state index in [9.17, 15) is 4.39 Å². The number of nitrogens with one attached hydrogen (secondary N) is 1. The summed E-state index contributed by atoms with van der Waals surface area (Å²) in [5.41, 5.74) is 5.51. The van der Waals surface area contributed by atoms with E-state index in [1.807, 2.05) is 33.0 Å². The zero-order valence-corrected chi connectivity index (χ0v) is 13.8. The van der Waals surface area contributed by atoms with Gasteiger partial charge in [-0.15, -0.1) is 0 Å². The van der Waals surface area contributed by atoms with Crippen LogP contribution in [0.1, 0.15) is 33.9 Å². The van der Waals surface area contributed by atoms with Crippen LogP contribution in [0.4, 0.5) is 4.39 Å². The van der Waals surface area contributed by atoms with Crippen molar-refractivity contribution in [3.05, 3.63) is 68.4 Å². The third-order valence-corrected chi connectivity index (χ3v) is 4.62. The Bertz CT molecular complexity index is 614. The molecule has 0 radical (unpaired) electrons. The van der Waals surface area contributed by atoms with Crippen molar-refractivity contribution < 1.29 is 4.39 Å². The molecular formula is C17H19BrFN. The van der Waals surface area contributed by atoms with Crippen LogP contribution in [0.3, 0.4) is 0 Å². The summed E-state index contributed by atoms with van der Waals surface area (Å²) in [6, 6.07) is 9.44. The Morgan fingerprint density at radius 1 is 1.10 bits per heavy atom. The molecule has 0 saturated carbocycles. The third-order valence-electron chi connectivity index (χ3n) is 3.76.